The lowest BCUT2D eigenvalue weighted by atomic mass is 9.77. The summed E-state index contributed by atoms with van der Waals surface area (Å²) in [6.07, 6.45) is 4.15. The Morgan fingerprint density at radius 1 is 0.871 bits per heavy atom. The van der Waals surface area contributed by atoms with E-state index in [1.165, 1.54) is 44.4 Å². The predicted molar refractivity (Wildman–Crippen MR) is 107 cm³/mol. The van der Waals surface area contributed by atoms with Crippen LogP contribution in [-0.4, -0.2) is 19.4 Å². The Bertz CT molecular complexity index is 756. The van der Waals surface area contributed by atoms with Crippen molar-refractivity contribution in [2.24, 2.45) is 17.8 Å². The summed E-state index contributed by atoms with van der Waals surface area (Å²) in [7, 11) is 0. The molecule has 0 N–H and O–H groups in total. The maximum absolute atomic E-state index is 14.1. The van der Waals surface area contributed by atoms with Crippen LogP contribution >= 0.6 is 0 Å². The van der Waals surface area contributed by atoms with Crippen LogP contribution in [0.3, 0.4) is 0 Å². The molecule has 172 valence electrons. The first-order valence-electron chi connectivity index (χ1n) is 11.1. The van der Waals surface area contributed by atoms with E-state index in [1.54, 1.807) is 0 Å². The van der Waals surface area contributed by atoms with Crippen LogP contribution in [-0.2, 0) is 9.47 Å². The standard InChI is InChI=1S/C24H29F5O2/c1-2-3-16-4-6-17(7-5-16)8-9-18-14-30-23(31-15-18)19-12-21(25)20(22(26)13-19)10-11-24(27,28)29/h12-13,16-18,23H,2-9,14-15H2,1H3. The molecule has 1 aliphatic heterocycles. The SMILES string of the molecule is CCCC1CCC(CCC2COC(c3cc(F)c(C#CC(F)(F)F)c(F)c3)OC2)CC1. The van der Waals surface area contributed by atoms with Gasteiger partial charge in [-0.05, 0) is 30.4 Å². The molecule has 0 amide bonds. The largest absolute Gasteiger partial charge is 0.458 e. The number of rotatable bonds is 6. The van der Waals surface area contributed by atoms with E-state index in [9.17, 15) is 22.0 Å². The molecule has 1 heterocycles. The van der Waals surface area contributed by atoms with E-state index in [2.05, 4.69) is 6.92 Å². The second kappa shape index (κ2) is 10.8. The normalized spacial score (nSPS) is 26.9. The summed E-state index contributed by atoms with van der Waals surface area (Å²) in [4.78, 5) is 0. The first-order chi connectivity index (χ1) is 14.7. The maximum Gasteiger partial charge on any atom is 0.458 e. The first kappa shape index (κ1) is 24.0. The molecule has 1 aromatic carbocycles. The number of benzene rings is 1. The molecule has 1 saturated carbocycles. The minimum Gasteiger partial charge on any atom is -0.348 e. The van der Waals surface area contributed by atoms with Crippen LogP contribution in [0.25, 0.3) is 0 Å². The van der Waals surface area contributed by atoms with Gasteiger partial charge in [-0.2, -0.15) is 13.2 Å². The summed E-state index contributed by atoms with van der Waals surface area (Å²) in [6, 6.07) is 1.84. The highest BCUT2D eigenvalue weighted by atomic mass is 19.4. The van der Waals surface area contributed by atoms with Crippen LogP contribution in [0, 0.1) is 41.2 Å². The molecule has 0 spiro atoms. The Morgan fingerprint density at radius 2 is 1.39 bits per heavy atom. The molecule has 0 unspecified atom stereocenters. The molecular formula is C24H29F5O2. The number of hydrogen-bond donors (Lipinski definition) is 0. The second-order valence-corrected chi connectivity index (χ2v) is 8.72. The van der Waals surface area contributed by atoms with Gasteiger partial charge in [-0.25, -0.2) is 8.78 Å². The van der Waals surface area contributed by atoms with Crippen LogP contribution < -0.4 is 0 Å². The third-order valence-electron chi connectivity index (χ3n) is 6.28. The highest BCUT2D eigenvalue weighted by molar-refractivity contribution is 5.40. The van der Waals surface area contributed by atoms with Gasteiger partial charge in [0.15, 0.2) is 6.29 Å². The molecular weight excluding hydrogens is 415 g/mol. The predicted octanol–water partition coefficient (Wildman–Crippen LogP) is 6.93. The molecule has 1 aliphatic carbocycles. The highest BCUT2D eigenvalue weighted by Crippen LogP contribution is 2.36. The van der Waals surface area contributed by atoms with E-state index >= 15 is 0 Å². The van der Waals surface area contributed by atoms with Gasteiger partial charge in [0.25, 0.3) is 0 Å². The Kier molecular flexibility index (Phi) is 8.35. The van der Waals surface area contributed by atoms with E-state index in [0.29, 0.717) is 13.2 Å². The molecule has 0 atom stereocenters. The summed E-state index contributed by atoms with van der Waals surface area (Å²) < 4.78 is 76.1. The van der Waals surface area contributed by atoms with Crippen molar-refractivity contribution in [1.29, 1.82) is 0 Å². The lowest BCUT2D eigenvalue weighted by molar-refractivity contribution is -0.206. The van der Waals surface area contributed by atoms with Gasteiger partial charge in [0.1, 0.15) is 11.6 Å². The maximum atomic E-state index is 14.1. The van der Waals surface area contributed by atoms with Crippen molar-refractivity contribution in [3.8, 4) is 11.8 Å². The number of halogens is 5. The molecule has 2 nitrogen and oxygen atoms in total. The van der Waals surface area contributed by atoms with Gasteiger partial charge in [-0.1, -0.05) is 57.8 Å². The van der Waals surface area contributed by atoms with Crippen molar-refractivity contribution in [3.63, 3.8) is 0 Å². The van der Waals surface area contributed by atoms with Crippen molar-refractivity contribution in [2.45, 2.75) is 70.8 Å². The van der Waals surface area contributed by atoms with Gasteiger partial charge in [0.2, 0.25) is 0 Å². The van der Waals surface area contributed by atoms with Crippen LogP contribution in [0.5, 0.6) is 0 Å². The Balaban J connectivity index is 1.48. The molecule has 1 aromatic rings. The average Bonchev–Trinajstić information content (AvgIpc) is 2.72. The van der Waals surface area contributed by atoms with E-state index in [0.717, 1.165) is 42.7 Å². The molecule has 0 aromatic heterocycles. The minimum atomic E-state index is -4.82. The molecule has 2 aliphatic rings. The first-order valence-corrected chi connectivity index (χ1v) is 11.1. The molecule has 2 fully saturated rings. The quantitative estimate of drug-likeness (QED) is 0.350. The molecule has 0 radical (unpaired) electrons. The van der Waals surface area contributed by atoms with Gasteiger partial charge >= 0.3 is 6.18 Å². The Hall–Kier alpha value is -1.65. The zero-order valence-electron chi connectivity index (χ0n) is 17.7. The lowest BCUT2D eigenvalue weighted by Gasteiger charge is -2.32. The van der Waals surface area contributed by atoms with E-state index in [1.807, 2.05) is 0 Å². The second-order valence-electron chi connectivity index (χ2n) is 8.72. The van der Waals surface area contributed by atoms with Crippen LogP contribution in [0.2, 0.25) is 0 Å². The zero-order valence-corrected chi connectivity index (χ0v) is 17.7. The van der Waals surface area contributed by atoms with E-state index in [4.69, 9.17) is 9.47 Å². The summed E-state index contributed by atoms with van der Waals surface area (Å²) in [5, 5.41) is 0. The summed E-state index contributed by atoms with van der Waals surface area (Å²) in [5.74, 6) is 1.92. The zero-order chi connectivity index (χ0) is 22.4. The van der Waals surface area contributed by atoms with Crippen molar-refractivity contribution in [1.82, 2.24) is 0 Å². The monoisotopic (exact) mass is 444 g/mol. The van der Waals surface area contributed by atoms with Crippen LogP contribution in [0.1, 0.15) is 75.7 Å². The smallest absolute Gasteiger partial charge is 0.348 e. The van der Waals surface area contributed by atoms with Gasteiger partial charge in [0, 0.05) is 17.4 Å². The van der Waals surface area contributed by atoms with Crippen molar-refractivity contribution < 1.29 is 31.4 Å². The number of alkyl halides is 3. The highest BCUT2D eigenvalue weighted by Gasteiger charge is 2.28. The lowest BCUT2D eigenvalue weighted by Crippen LogP contribution is -2.28. The van der Waals surface area contributed by atoms with Crippen molar-refractivity contribution in [3.05, 3.63) is 34.9 Å². The topological polar surface area (TPSA) is 18.5 Å². The molecule has 31 heavy (non-hydrogen) atoms. The molecule has 0 bridgehead atoms. The van der Waals surface area contributed by atoms with Gasteiger partial charge < -0.3 is 9.47 Å². The fraction of sp³-hybridized carbons (Fsp3) is 0.667. The van der Waals surface area contributed by atoms with Crippen molar-refractivity contribution >= 4 is 0 Å². The molecule has 3 rings (SSSR count). The molecule has 1 saturated heterocycles. The van der Waals surface area contributed by atoms with Crippen LogP contribution in [0.15, 0.2) is 12.1 Å². The van der Waals surface area contributed by atoms with Crippen molar-refractivity contribution in [2.75, 3.05) is 13.2 Å². The third kappa shape index (κ3) is 7.18. The van der Waals surface area contributed by atoms with Crippen LogP contribution in [0.4, 0.5) is 22.0 Å². The average molecular weight is 444 g/mol. The minimum absolute atomic E-state index is 0.0975. The summed E-state index contributed by atoms with van der Waals surface area (Å²) in [6.45, 7) is 3.09. The van der Waals surface area contributed by atoms with Gasteiger partial charge in [-0.15, -0.1) is 0 Å². The fourth-order valence-corrected chi connectivity index (χ4v) is 4.57. The molecule has 7 heteroatoms. The van der Waals surface area contributed by atoms with Gasteiger partial charge in [0.05, 0.1) is 18.8 Å². The third-order valence-corrected chi connectivity index (χ3v) is 6.28. The number of hydrogen-bond acceptors (Lipinski definition) is 2. The fourth-order valence-electron chi connectivity index (χ4n) is 4.57. The summed E-state index contributed by atoms with van der Waals surface area (Å²) in [5.41, 5.74) is -0.816. The van der Waals surface area contributed by atoms with E-state index in [-0.39, 0.29) is 11.5 Å². The Labute approximate surface area is 180 Å². The number of ether oxygens (including phenoxy) is 2. The van der Waals surface area contributed by atoms with E-state index < -0.39 is 29.7 Å². The Morgan fingerprint density at radius 3 is 1.90 bits per heavy atom. The van der Waals surface area contributed by atoms with Gasteiger partial charge in [-0.3, -0.25) is 0 Å². The summed E-state index contributed by atoms with van der Waals surface area (Å²) >= 11 is 0.